The van der Waals surface area contributed by atoms with Crippen molar-refractivity contribution in [1.82, 2.24) is 4.90 Å². The summed E-state index contributed by atoms with van der Waals surface area (Å²) in [4.78, 5) is 12.8. The highest BCUT2D eigenvalue weighted by molar-refractivity contribution is 5.87. The lowest BCUT2D eigenvalue weighted by molar-refractivity contribution is -0.126. The van der Waals surface area contributed by atoms with Crippen molar-refractivity contribution < 1.29 is 4.79 Å². The molecule has 0 bridgehead atoms. The fourth-order valence-corrected chi connectivity index (χ4v) is 1.25. The molecule has 0 unspecified atom stereocenters. The van der Waals surface area contributed by atoms with Gasteiger partial charge in [-0.2, -0.15) is 0 Å². The number of likely N-dealkylation sites (tertiary alicyclic amines) is 1. The van der Waals surface area contributed by atoms with Gasteiger partial charge in [-0.25, -0.2) is 0 Å². The molecule has 2 N–H and O–H groups in total. The normalized spacial score (nSPS) is 19.9. The van der Waals surface area contributed by atoms with E-state index in [1.807, 2.05) is 0 Å². The molecule has 0 spiro atoms. The summed E-state index contributed by atoms with van der Waals surface area (Å²) in [6, 6.07) is 0.281. The molecule has 62 valence electrons. The van der Waals surface area contributed by atoms with Gasteiger partial charge in [0.2, 0.25) is 5.91 Å². The summed E-state index contributed by atoms with van der Waals surface area (Å²) >= 11 is 0. The smallest absolute Gasteiger partial charge is 0.245 e. The number of hydrogen-bond donors (Lipinski definition) is 1. The zero-order valence-corrected chi connectivity index (χ0v) is 6.62. The second kappa shape index (κ2) is 3.53. The summed E-state index contributed by atoms with van der Waals surface area (Å²) in [5, 5.41) is 0. The van der Waals surface area contributed by atoms with Crippen LogP contribution in [0.25, 0.3) is 0 Å². The molecule has 1 aliphatic heterocycles. The van der Waals surface area contributed by atoms with E-state index in [0.717, 1.165) is 25.9 Å². The predicted molar refractivity (Wildman–Crippen MR) is 44.0 cm³/mol. The van der Waals surface area contributed by atoms with Crippen LogP contribution < -0.4 is 5.73 Å². The Morgan fingerprint density at radius 2 is 2.09 bits per heavy atom. The first-order chi connectivity index (χ1) is 5.24. The van der Waals surface area contributed by atoms with Crippen molar-refractivity contribution in [1.29, 1.82) is 0 Å². The monoisotopic (exact) mass is 154 g/mol. The van der Waals surface area contributed by atoms with E-state index >= 15 is 0 Å². The van der Waals surface area contributed by atoms with E-state index in [9.17, 15) is 4.79 Å². The number of piperidine rings is 1. The minimum Gasteiger partial charge on any atom is -0.339 e. The molecule has 1 fully saturated rings. The zero-order chi connectivity index (χ0) is 8.27. The molecule has 1 saturated heterocycles. The van der Waals surface area contributed by atoms with Crippen molar-refractivity contribution in [2.75, 3.05) is 13.1 Å². The van der Waals surface area contributed by atoms with Crippen molar-refractivity contribution in [3.8, 4) is 0 Å². The quantitative estimate of drug-likeness (QED) is 0.545. The molecule has 3 nitrogen and oxygen atoms in total. The van der Waals surface area contributed by atoms with E-state index in [2.05, 4.69) is 6.58 Å². The Labute approximate surface area is 66.9 Å². The Morgan fingerprint density at radius 3 is 2.55 bits per heavy atom. The third kappa shape index (κ3) is 2.05. The lowest BCUT2D eigenvalue weighted by Crippen LogP contribution is -2.42. The Morgan fingerprint density at radius 1 is 1.55 bits per heavy atom. The molecule has 1 aliphatic rings. The molecular weight excluding hydrogens is 140 g/mol. The first-order valence-corrected chi connectivity index (χ1v) is 3.91. The summed E-state index contributed by atoms with van der Waals surface area (Å²) in [7, 11) is 0. The van der Waals surface area contributed by atoms with Crippen molar-refractivity contribution in [2.45, 2.75) is 18.9 Å². The van der Waals surface area contributed by atoms with Gasteiger partial charge in [0.05, 0.1) is 0 Å². The average Bonchev–Trinajstić information content (AvgIpc) is 2.05. The highest BCUT2D eigenvalue weighted by Crippen LogP contribution is 2.07. The van der Waals surface area contributed by atoms with Crippen molar-refractivity contribution >= 4 is 5.91 Å². The second-order valence-electron chi connectivity index (χ2n) is 2.87. The standard InChI is InChI=1S/C8H14N2O/c1-2-8(11)10-5-3-7(9)4-6-10/h2,7H,1,3-6,9H2. The number of rotatable bonds is 1. The second-order valence-corrected chi connectivity index (χ2v) is 2.87. The molecule has 0 aromatic rings. The molecule has 3 heteroatoms. The Balaban J connectivity index is 2.38. The molecule has 11 heavy (non-hydrogen) atoms. The van der Waals surface area contributed by atoms with Crippen LogP contribution in [-0.4, -0.2) is 29.9 Å². The lowest BCUT2D eigenvalue weighted by Gasteiger charge is -2.29. The van der Waals surface area contributed by atoms with Crippen LogP contribution in [0.2, 0.25) is 0 Å². The Kier molecular flexibility index (Phi) is 2.65. The molecular formula is C8H14N2O. The lowest BCUT2D eigenvalue weighted by atomic mass is 10.1. The van der Waals surface area contributed by atoms with Crippen LogP contribution in [-0.2, 0) is 4.79 Å². The van der Waals surface area contributed by atoms with Gasteiger partial charge in [-0.3, -0.25) is 4.79 Å². The fraction of sp³-hybridized carbons (Fsp3) is 0.625. The van der Waals surface area contributed by atoms with Gasteiger partial charge in [-0.1, -0.05) is 6.58 Å². The molecule has 0 aromatic heterocycles. The van der Waals surface area contributed by atoms with Crippen LogP contribution >= 0.6 is 0 Å². The number of nitrogens with zero attached hydrogens (tertiary/aromatic N) is 1. The third-order valence-corrected chi connectivity index (χ3v) is 2.03. The summed E-state index contributed by atoms with van der Waals surface area (Å²) in [6.45, 7) is 5.00. The zero-order valence-electron chi connectivity index (χ0n) is 6.62. The van der Waals surface area contributed by atoms with Crippen molar-refractivity contribution in [3.05, 3.63) is 12.7 Å². The Hall–Kier alpha value is -0.830. The van der Waals surface area contributed by atoms with Gasteiger partial charge >= 0.3 is 0 Å². The van der Waals surface area contributed by atoms with Crippen LogP contribution in [0.3, 0.4) is 0 Å². The van der Waals surface area contributed by atoms with Crippen molar-refractivity contribution in [3.63, 3.8) is 0 Å². The molecule has 0 atom stereocenters. The summed E-state index contributed by atoms with van der Waals surface area (Å²) in [6.07, 6.45) is 3.19. The van der Waals surface area contributed by atoms with Gasteiger partial charge in [-0.05, 0) is 18.9 Å². The van der Waals surface area contributed by atoms with Crippen molar-refractivity contribution in [2.24, 2.45) is 5.73 Å². The molecule has 0 aliphatic carbocycles. The van der Waals surface area contributed by atoms with Crippen LogP contribution in [0.4, 0.5) is 0 Å². The van der Waals surface area contributed by atoms with Crippen LogP contribution in [0, 0.1) is 0 Å². The maximum Gasteiger partial charge on any atom is 0.245 e. The first-order valence-electron chi connectivity index (χ1n) is 3.91. The van der Waals surface area contributed by atoms with Gasteiger partial charge in [0.1, 0.15) is 0 Å². The molecule has 1 amide bonds. The average molecular weight is 154 g/mol. The molecule has 0 radical (unpaired) electrons. The van der Waals surface area contributed by atoms with E-state index in [4.69, 9.17) is 5.73 Å². The summed E-state index contributed by atoms with van der Waals surface area (Å²) < 4.78 is 0. The van der Waals surface area contributed by atoms with E-state index in [1.165, 1.54) is 6.08 Å². The van der Waals surface area contributed by atoms with E-state index in [0.29, 0.717) is 0 Å². The minimum atomic E-state index is 0.0249. The number of carbonyl (C=O) groups is 1. The number of nitrogens with two attached hydrogens (primary N) is 1. The third-order valence-electron chi connectivity index (χ3n) is 2.03. The molecule has 0 saturated carbocycles. The molecule has 1 rings (SSSR count). The van der Waals surface area contributed by atoms with E-state index in [1.54, 1.807) is 4.90 Å². The maximum atomic E-state index is 11.0. The van der Waals surface area contributed by atoms with Gasteiger partial charge in [0.25, 0.3) is 0 Å². The SMILES string of the molecule is C=CC(=O)N1CCC(N)CC1. The van der Waals surface area contributed by atoms with Gasteiger partial charge < -0.3 is 10.6 Å². The maximum absolute atomic E-state index is 11.0. The number of carbonyl (C=O) groups excluding carboxylic acids is 1. The number of amides is 1. The first kappa shape index (κ1) is 8.27. The van der Waals surface area contributed by atoms with E-state index in [-0.39, 0.29) is 11.9 Å². The molecule has 1 heterocycles. The van der Waals surface area contributed by atoms with Gasteiger partial charge in [0, 0.05) is 19.1 Å². The van der Waals surface area contributed by atoms with E-state index < -0.39 is 0 Å². The van der Waals surface area contributed by atoms with Gasteiger partial charge in [-0.15, -0.1) is 0 Å². The van der Waals surface area contributed by atoms with Crippen LogP contribution in [0.5, 0.6) is 0 Å². The van der Waals surface area contributed by atoms with Gasteiger partial charge in [0.15, 0.2) is 0 Å². The fourth-order valence-electron chi connectivity index (χ4n) is 1.25. The Bertz CT molecular complexity index is 159. The number of hydrogen-bond acceptors (Lipinski definition) is 2. The van der Waals surface area contributed by atoms with Crippen LogP contribution in [0.15, 0.2) is 12.7 Å². The van der Waals surface area contributed by atoms with Crippen LogP contribution in [0.1, 0.15) is 12.8 Å². The largest absolute Gasteiger partial charge is 0.339 e. The minimum absolute atomic E-state index is 0.0249. The highest BCUT2D eigenvalue weighted by Gasteiger charge is 2.17. The topological polar surface area (TPSA) is 46.3 Å². The predicted octanol–water partition coefficient (Wildman–Crippen LogP) is 0.122. The highest BCUT2D eigenvalue weighted by atomic mass is 16.2. The summed E-state index contributed by atoms with van der Waals surface area (Å²) in [5.74, 6) is 0.0249. The molecule has 0 aromatic carbocycles. The summed E-state index contributed by atoms with van der Waals surface area (Å²) in [5.41, 5.74) is 5.67.